The van der Waals surface area contributed by atoms with Crippen LogP contribution in [0.15, 0.2) is 30.3 Å². The summed E-state index contributed by atoms with van der Waals surface area (Å²) in [6.45, 7) is 2.02. The molecule has 1 unspecified atom stereocenters. The molecule has 6 heteroatoms. The van der Waals surface area contributed by atoms with E-state index in [0.29, 0.717) is 6.54 Å². The van der Waals surface area contributed by atoms with Gasteiger partial charge in [-0.2, -0.15) is 0 Å². The lowest BCUT2D eigenvalue weighted by molar-refractivity contribution is -0.141. The molecular formula is C13H17ClN2O3. The third-order valence-corrected chi connectivity index (χ3v) is 2.84. The van der Waals surface area contributed by atoms with Crippen molar-refractivity contribution >= 4 is 23.6 Å². The first-order valence-corrected chi connectivity index (χ1v) is 6.47. The fraction of sp³-hybridized carbons (Fsp3) is 0.385. The quantitative estimate of drug-likeness (QED) is 0.784. The largest absolute Gasteiger partial charge is 0.480 e. The molecule has 0 saturated heterocycles. The van der Waals surface area contributed by atoms with E-state index in [1.165, 1.54) is 11.8 Å². The maximum absolute atomic E-state index is 11.9. The zero-order valence-electron chi connectivity index (χ0n) is 10.7. The third kappa shape index (κ3) is 4.79. The predicted molar refractivity (Wildman–Crippen MR) is 73.2 cm³/mol. The minimum atomic E-state index is -1.04. The number of carbonyl (C=O) groups is 2. The lowest BCUT2D eigenvalue weighted by Crippen LogP contribution is -2.48. The van der Waals surface area contributed by atoms with Crippen LogP contribution in [0.3, 0.4) is 0 Å². The monoisotopic (exact) mass is 284 g/mol. The number of amides is 2. The molecule has 2 amide bonds. The van der Waals surface area contributed by atoms with E-state index in [2.05, 4.69) is 5.32 Å². The number of carboxylic acids is 1. The molecule has 1 aromatic rings. The van der Waals surface area contributed by atoms with E-state index >= 15 is 0 Å². The van der Waals surface area contributed by atoms with Gasteiger partial charge in [0.1, 0.15) is 6.04 Å². The van der Waals surface area contributed by atoms with Gasteiger partial charge in [-0.15, -0.1) is 11.6 Å². The highest BCUT2D eigenvalue weighted by Gasteiger charge is 2.25. The Morgan fingerprint density at radius 3 is 2.53 bits per heavy atom. The highest BCUT2D eigenvalue weighted by molar-refractivity contribution is 6.18. The molecule has 0 saturated carbocycles. The Hall–Kier alpha value is -1.75. The van der Waals surface area contributed by atoms with Crippen molar-refractivity contribution in [1.82, 2.24) is 10.2 Å². The Morgan fingerprint density at radius 2 is 2.00 bits per heavy atom. The Bertz CT molecular complexity index is 425. The summed E-state index contributed by atoms with van der Waals surface area (Å²) in [6.07, 6.45) is 0. The average molecular weight is 285 g/mol. The molecule has 2 N–H and O–H groups in total. The van der Waals surface area contributed by atoms with Gasteiger partial charge in [0.05, 0.1) is 0 Å². The summed E-state index contributed by atoms with van der Waals surface area (Å²) in [5, 5.41) is 11.6. The Kier molecular flexibility index (Phi) is 6.15. The van der Waals surface area contributed by atoms with Crippen LogP contribution in [0.2, 0.25) is 0 Å². The normalized spacial score (nSPS) is 11.7. The van der Waals surface area contributed by atoms with E-state index in [1.54, 1.807) is 0 Å². The van der Waals surface area contributed by atoms with Gasteiger partial charge in [0, 0.05) is 19.0 Å². The molecule has 0 spiro atoms. The summed E-state index contributed by atoms with van der Waals surface area (Å²) in [5.74, 6) is -0.760. The first-order chi connectivity index (χ1) is 9.06. The first-order valence-electron chi connectivity index (χ1n) is 5.93. The number of nitrogens with zero attached hydrogens (tertiary/aromatic N) is 1. The molecule has 1 aromatic carbocycles. The van der Waals surface area contributed by atoms with E-state index in [0.717, 1.165) is 5.56 Å². The summed E-state index contributed by atoms with van der Waals surface area (Å²) in [6, 6.07) is 7.90. The molecule has 0 aliphatic carbocycles. The van der Waals surface area contributed by atoms with Crippen LogP contribution in [0.25, 0.3) is 0 Å². The standard InChI is InChI=1S/C13H17ClN2O3/c1-10(12(17)18)16(13(19)15-8-7-14)9-11-5-3-2-4-6-11/h2-6,10H,7-9H2,1H3,(H,15,19)(H,17,18). The minimum Gasteiger partial charge on any atom is -0.480 e. The van der Waals surface area contributed by atoms with Crippen molar-refractivity contribution in [2.75, 3.05) is 12.4 Å². The number of urea groups is 1. The number of nitrogens with one attached hydrogen (secondary N) is 1. The second kappa shape index (κ2) is 7.63. The van der Waals surface area contributed by atoms with Crippen LogP contribution < -0.4 is 5.32 Å². The molecule has 5 nitrogen and oxygen atoms in total. The number of carbonyl (C=O) groups excluding carboxylic acids is 1. The SMILES string of the molecule is CC(C(=O)O)N(Cc1ccccc1)C(=O)NCCCl. The molecule has 0 fully saturated rings. The van der Waals surface area contributed by atoms with E-state index in [4.69, 9.17) is 16.7 Å². The van der Waals surface area contributed by atoms with Crippen LogP contribution in [0.4, 0.5) is 4.79 Å². The van der Waals surface area contributed by atoms with Gasteiger partial charge < -0.3 is 15.3 Å². The van der Waals surface area contributed by atoms with Crippen LogP contribution in [-0.2, 0) is 11.3 Å². The average Bonchev–Trinajstić information content (AvgIpc) is 2.42. The van der Waals surface area contributed by atoms with Gasteiger partial charge in [-0.25, -0.2) is 9.59 Å². The maximum Gasteiger partial charge on any atom is 0.326 e. The number of hydrogen-bond acceptors (Lipinski definition) is 2. The van der Waals surface area contributed by atoms with Crippen LogP contribution in [-0.4, -0.2) is 40.5 Å². The zero-order valence-corrected chi connectivity index (χ0v) is 11.4. The van der Waals surface area contributed by atoms with Gasteiger partial charge >= 0.3 is 12.0 Å². The summed E-state index contributed by atoms with van der Waals surface area (Å²) in [7, 11) is 0. The van der Waals surface area contributed by atoms with Gasteiger partial charge in [-0.1, -0.05) is 30.3 Å². The van der Waals surface area contributed by atoms with Gasteiger partial charge in [-0.3, -0.25) is 0 Å². The summed E-state index contributed by atoms with van der Waals surface area (Å²) in [4.78, 5) is 24.3. The molecule has 1 rings (SSSR count). The predicted octanol–water partition coefficient (Wildman–Crippen LogP) is 1.91. The number of halogens is 1. The van der Waals surface area contributed by atoms with Gasteiger partial charge in [0.2, 0.25) is 0 Å². The second-order valence-corrected chi connectivity index (χ2v) is 4.43. The molecule has 0 aliphatic rings. The summed E-state index contributed by atoms with van der Waals surface area (Å²) >= 11 is 5.50. The van der Waals surface area contributed by atoms with Crippen molar-refractivity contribution < 1.29 is 14.7 Å². The van der Waals surface area contributed by atoms with Crippen molar-refractivity contribution in [3.63, 3.8) is 0 Å². The van der Waals surface area contributed by atoms with Crippen molar-refractivity contribution in [1.29, 1.82) is 0 Å². The number of benzene rings is 1. The van der Waals surface area contributed by atoms with Crippen molar-refractivity contribution in [2.24, 2.45) is 0 Å². The highest BCUT2D eigenvalue weighted by atomic mass is 35.5. The van der Waals surface area contributed by atoms with Crippen LogP contribution in [0, 0.1) is 0 Å². The van der Waals surface area contributed by atoms with Crippen LogP contribution in [0.1, 0.15) is 12.5 Å². The molecule has 1 atom stereocenters. The van der Waals surface area contributed by atoms with Gasteiger partial charge in [0.15, 0.2) is 0 Å². The fourth-order valence-electron chi connectivity index (χ4n) is 1.55. The zero-order chi connectivity index (χ0) is 14.3. The third-order valence-electron chi connectivity index (χ3n) is 2.65. The topological polar surface area (TPSA) is 69.6 Å². The molecule has 0 bridgehead atoms. The van der Waals surface area contributed by atoms with Crippen molar-refractivity contribution in [3.8, 4) is 0 Å². The van der Waals surface area contributed by atoms with E-state index in [9.17, 15) is 9.59 Å². The molecule has 0 heterocycles. The molecule has 104 valence electrons. The molecule has 19 heavy (non-hydrogen) atoms. The number of hydrogen-bond donors (Lipinski definition) is 2. The smallest absolute Gasteiger partial charge is 0.326 e. The number of alkyl halides is 1. The Morgan fingerprint density at radius 1 is 1.37 bits per heavy atom. The van der Waals surface area contributed by atoms with E-state index < -0.39 is 18.0 Å². The van der Waals surface area contributed by atoms with E-state index in [1.807, 2.05) is 30.3 Å². The lowest BCUT2D eigenvalue weighted by atomic mass is 10.2. The number of aliphatic carboxylic acids is 1. The fourth-order valence-corrected chi connectivity index (χ4v) is 1.65. The van der Waals surface area contributed by atoms with Crippen LogP contribution in [0.5, 0.6) is 0 Å². The number of carboxylic acid groups (broad SMARTS) is 1. The molecule has 0 aliphatic heterocycles. The molecule has 0 radical (unpaired) electrons. The summed E-state index contributed by atoms with van der Waals surface area (Å²) < 4.78 is 0. The maximum atomic E-state index is 11.9. The second-order valence-electron chi connectivity index (χ2n) is 4.05. The van der Waals surface area contributed by atoms with Gasteiger partial charge in [0.25, 0.3) is 0 Å². The first kappa shape index (κ1) is 15.3. The van der Waals surface area contributed by atoms with Crippen molar-refractivity contribution in [2.45, 2.75) is 19.5 Å². The highest BCUT2D eigenvalue weighted by Crippen LogP contribution is 2.09. The van der Waals surface area contributed by atoms with Crippen LogP contribution >= 0.6 is 11.6 Å². The van der Waals surface area contributed by atoms with Crippen molar-refractivity contribution in [3.05, 3.63) is 35.9 Å². The Balaban J connectivity index is 2.80. The van der Waals surface area contributed by atoms with E-state index in [-0.39, 0.29) is 12.4 Å². The number of rotatable bonds is 6. The van der Waals surface area contributed by atoms with Gasteiger partial charge in [-0.05, 0) is 12.5 Å². The summed E-state index contributed by atoms with van der Waals surface area (Å²) in [5.41, 5.74) is 0.872. The lowest BCUT2D eigenvalue weighted by Gasteiger charge is -2.26. The molecular weight excluding hydrogens is 268 g/mol. The molecule has 0 aromatic heterocycles. The minimum absolute atomic E-state index is 0.239. The Labute approximate surface area is 117 Å².